The lowest BCUT2D eigenvalue weighted by Crippen LogP contribution is -2.44. The van der Waals surface area contributed by atoms with E-state index in [4.69, 9.17) is 4.52 Å². The molecule has 0 saturated carbocycles. The van der Waals surface area contributed by atoms with Crippen molar-refractivity contribution in [2.75, 3.05) is 33.2 Å². The molecule has 1 aliphatic heterocycles. The van der Waals surface area contributed by atoms with Gasteiger partial charge in [0.25, 0.3) is 0 Å². The molecule has 3 aromatic rings. The third kappa shape index (κ3) is 4.64. The number of piperazine rings is 1. The number of hydrogen-bond donors (Lipinski definition) is 0. The first kappa shape index (κ1) is 18.8. The number of aromatic nitrogens is 2. The monoisotopic (exact) mass is 380 g/mol. The Morgan fingerprint density at radius 3 is 2.57 bits per heavy atom. The van der Waals surface area contributed by atoms with Crippen molar-refractivity contribution < 1.29 is 8.91 Å². The Kier molecular flexibility index (Phi) is 5.78. The average Bonchev–Trinajstić information content (AvgIpc) is 3.17. The molecule has 1 fully saturated rings. The van der Waals surface area contributed by atoms with E-state index in [-0.39, 0.29) is 11.7 Å². The lowest BCUT2D eigenvalue weighted by Gasteiger charge is -2.31. The number of halogens is 1. The first-order valence-electron chi connectivity index (χ1n) is 9.70. The van der Waals surface area contributed by atoms with E-state index in [1.807, 2.05) is 24.3 Å². The molecule has 1 saturated heterocycles. The highest BCUT2D eigenvalue weighted by molar-refractivity contribution is 5.29. The molecule has 2 heterocycles. The van der Waals surface area contributed by atoms with Crippen LogP contribution in [0.25, 0.3) is 0 Å². The molecule has 1 unspecified atom stereocenters. The largest absolute Gasteiger partial charge is 0.339 e. The van der Waals surface area contributed by atoms with Crippen LogP contribution in [-0.4, -0.2) is 53.2 Å². The molecule has 1 aliphatic rings. The predicted octanol–water partition coefficient (Wildman–Crippen LogP) is 3.33. The molecule has 0 spiro atoms. The van der Waals surface area contributed by atoms with Crippen LogP contribution >= 0.6 is 0 Å². The van der Waals surface area contributed by atoms with E-state index in [0.29, 0.717) is 24.7 Å². The SMILES string of the molecule is CN1CCN(Cc2noc(C(Cc3ccccc3)c3cccc(F)c3)n2)CC1. The van der Waals surface area contributed by atoms with Gasteiger partial charge in [0.15, 0.2) is 5.82 Å². The topological polar surface area (TPSA) is 45.4 Å². The molecule has 0 amide bonds. The third-order valence-corrected chi connectivity index (χ3v) is 5.28. The van der Waals surface area contributed by atoms with Gasteiger partial charge in [0.05, 0.1) is 12.5 Å². The van der Waals surface area contributed by atoms with Crippen LogP contribution in [0.4, 0.5) is 4.39 Å². The highest BCUT2D eigenvalue weighted by atomic mass is 19.1. The van der Waals surface area contributed by atoms with Gasteiger partial charge in [0.1, 0.15) is 5.82 Å². The number of nitrogens with zero attached hydrogens (tertiary/aromatic N) is 4. The second-order valence-corrected chi connectivity index (χ2v) is 7.43. The van der Waals surface area contributed by atoms with Crippen LogP contribution in [0.15, 0.2) is 59.1 Å². The van der Waals surface area contributed by atoms with Crippen molar-refractivity contribution in [3.8, 4) is 0 Å². The summed E-state index contributed by atoms with van der Waals surface area (Å²) >= 11 is 0. The average molecular weight is 380 g/mol. The van der Waals surface area contributed by atoms with E-state index in [9.17, 15) is 4.39 Å². The fraction of sp³-hybridized carbons (Fsp3) is 0.364. The Labute approximate surface area is 164 Å². The van der Waals surface area contributed by atoms with Gasteiger partial charge >= 0.3 is 0 Å². The van der Waals surface area contributed by atoms with Gasteiger partial charge in [-0.1, -0.05) is 47.6 Å². The summed E-state index contributed by atoms with van der Waals surface area (Å²) in [6.07, 6.45) is 0.681. The number of likely N-dealkylation sites (N-methyl/N-ethyl adjacent to an activating group) is 1. The quantitative estimate of drug-likeness (QED) is 0.656. The number of benzene rings is 2. The summed E-state index contributed by atoms with van der Waals surface area (Å²) in [5, 5.41) is 4.20. The molecular formula is C22H25FN4O. The van der Waals surface area contributed by atoms with Crippen LogP contribution in [0.5, 0.6) is 0 Å². The zero-order valence-corrected chi connectivity index (χ0v) is 16.1. The fourth-order valence-corrected chi connectivity index (χ4v) is 3.60. The zero-order valence-electron chi connectivity index (χ0n) is 16.1. The summed E-state index contributed by atoms with van der Waals surface area (Å²) in [7, 11) is 2.14. The smallest absolute Gasteiger partial charge is 0.234 e. The summed E-state index contributed by atoms with van der Waals surface area (Å²) in [5.41, 5.74) is 1.99. The molecule has 0 N–H and O–H groups in total. The van der Waals surface area contributed by atoms with Crippen molar-refractivity contribution in [2.24, 2.45) is 0 Å². The first-order valence-corrected chi connectivity index (χ1v) is 9.70. The molecule has 4 rings (SSSR count). The van der Waals surface area contributed by atoms with Crippen LogP contribution in [0, 0.1) is 5.82 Å². The molecule has 1 atom stereocenters. The Bertz CT molecular complexity index is 890. The van der Waals surface area contributed by atoms with E-state index in [1.54, 1.807) is 12.1 Å². The van der Waals surface area contributed by atoms with Crippen molar-refractivity contribution in [3.05, 3.63) is 83.3 Å². The fourth-order valence-electron chi connectivity index (χ4n) is 3.60. The van der Waals surface area contributed by atoms with Crippen LogP contribution < -0.4 is 0 Å². The van der Waals surface area contributed by atoms with Crippen LogP contribution in [-0.2, 0) is 13.0 Å². The molecule has 0 aliphatic carbocycles. The summed E-state index contributed by atoms with van der Waals surface area (Å²) < 4.78 is 19.5. The van der Waals surface area contributed by atoms with E-state index in [0.717, 1.165) is 37.3 Å². The van der Waals surface area contributed by atoms with Gasteiger partial charge in [-0.15, -0.1) is 0 Å². The minimum absolute atomic E-state index is 0.174. The van der Waals surface area contributed by atoms with Gasteiger partial charge in [0, 0.05) is 26.2 Å². The van der Waals surface area contributed by atoms with Gasteiger partial charge < -0.3 is 9.42 Å². The Balaban J connectivity index is 1.55. The van der Waals surface area contributed by atoms with E-state index in [2.05, 4.69) is 39.1 Å². The first-order chi connectivity index (χ1) is 13.7. The standard InChI is InChI=1S/C22H25FN4O/c1-26-10-12-27(13-11-26)16-21-24-22(28-25-21)20(14-17-6-3-2-4-7-17)18-8-5-9-19(23)15-18/h2-9,15,20H,10-14,16H2,1H3. The Morgan fingerprint density at radius 1 is 1.04 bits per heavy atom. The van der Waals surface area contributed by atoms with Gasteiger partial charge in [-0.05, 0) is 36.7 Å². The maximum atomic E-state index is 13.9. The van der Waals surface area contributed by atoms with Crippen molar-refractivity contribution in [3.63, 3.8) is 0 Å². The highest BCUT2D eigenvalue weighted by Gasteiger charge is 2.23. The van der Waals surface area contributed by atoms with Crippen LogP contribution in [0.2, 0.25) is 0 Å². The van der Waals surface area contributed by atoms with E-state index < -0.39 is 0 Å². The summed E-state index contributed by atoms with van der Waals surface area (Å²) in [6.45, 7) is 4.77. The normalized spacial score (nSPS) is 16.9. The van der Waals surface area contributed by atoms with Crippen molar-refractivity contribution in [1.82, 2.24) is 19.9 Å². The van der Waals surface area contributed by atoms with Gasteiger partial charge in [-0.3, -0.25) is 4.90 Å². The van der Waals surface area contributed by atoms with Crippen LogP contribution in [0.3, 0.4) is 0 Å². The number of hydrogen-bond acceptors (Lipinski definition) is 5. The molecule has 6 heteroatoms. The minimum atomic E-state index is -0.257. The third-order valence-electron chi connectivity index (χ3n) is 5.28. The number of rotatable bonds is 6. The van der Waals surface area contributed by atoms with Crippen molar-refractivity contribution in [2.45, 2.75) is 18.9 Å². The lowest BCUT2D eigenvalue weighted by atomic mass is 9.92. The second-order valence-electron chi connectivity index (χ2n) is 7.43. The van der Waals surface area contributed by atoms with E-state index >= 15 is 0 Å². The Hall–Kier alpha value is -2.57. The molecular weight excluding hydrogens is 355 g/mol. The molecule has 0 bridgehead atoms. The van der Waals surface area contributed by atoms with Crippen molar-refractivity contribution in [1.29, 1.82) is 0 Å². The predicted molar refractivity (Wildman–Crippen MR) is 105 cm³/mol. The van der Waals surface area contributed by atoms with Gasteiger partial charge in [-0.2, -0.15) is 4.98 Å². The van der Waals surface area contributed by atoms with Crippen molar-refractivity contribution >= 4 is 0 Å². The molecule has 28 heavy (non-hydrogen) atoms. The minimum Gasteiger partial charge on any atom is -0.339 e. The van der Waals surface area contributed by atoms with Gasteiger partial charge in [0.2, 0.25) is 5.89 Å². The van der Waals surface area contributed by atoms with Gasteiger partial charge in [-0.25, -0.2) is 4.39 Å². The lowest BCUT2D eigenvalue weighted by molar-refractivity contribution is 0.144. The molecule has 0 radical (unpaired) electrons. The molecule has 146 valence electrons. The van der Waals surface area contributed by atoms with Crippen LogP contribution in [0.1, 0.15) is 28.8 Å². The zero-order chi connectivity index (χ0) is 19.3. The van der Waals surface area contributed by atoms with E-state index in [1.165, 1.54) is 6.07 Å². The maximum Gasteiger partial charge on any atom is 0.234 e. The molecule has 5 nitrogen and oxygen atoms in total. The molecule has 2 aromatic carbocycles. The maximum absolute atomic E-state index is 13.9. The summed E-state index contributed by atoms with van der Waals surface area (Å²) in [6, 6.07) is 16.8. The summed E-state index contributed by atoms with van der Waals surface area (Å²) in [4.78, 5) is 9.32. The summed E-state index contributed by atoms with van der Waals surface area (Å²) in [5.74, 6) is 0.798. The Morgan fingerprint density at radius 2 is 1.82 bits per heavy atom. The molecule has 1 aromatic heterocycles. The highest BCUT2D eigenvalue weighted by Crippen LogP contribution is 2.28. The second kappa shape index (κ2) is 8.63.